The number of ether oxygens (including phenoxy) is 1. The Kier molecular flexibility index (Phi) is 6.06. The van der Waals surface area contributed by atoms with Crippen molar-refractivity contribution in [2.75, 3.05) is 0 Å². The van der Waals surface area contributed by atoms with Crippen LogP contribution in [0.2, 0.25) is 0 Å². The van der Waals surface area contributed by atoms with E-state index < -0.39 is 35.3 Å². The number of hydrogen-bond donors (Lipinski definition) is 0. The number of carbonyl (C=O) groups is 1. The first-order valence-electron chi connectivity index (χ1n) is 6.73. The van der Waals surface area contributed by atoms with Crippen molar-refractivity contribution in [2.45, 2.75) is 26.2 Å². The summed E-state index contributed by atoms with van der Waals surface area (Å²) in [5.74, 6) is -9.55. The third-order valence-electron chi connectivity index (χ3n) is 2.99. The fourth-order valence-electron chi connectivity index (χ4n) is 1.66. The van der Waals surface area contributed by atoms with Crippen LogP contribution in [-0.4, -0.2) is 5.97 Å². The molecular weight excluding hydrogens is 331 g/mol. The average Bonchev–Trinajstić information content (AvgIpc) is 2.49. The maximum absolute atomic E-state index is 13.4. The predicted octanol–water partition coefficient (Wildman–Crippen LogP) is 5.88. The molecule has 0 bridgehead atoms. The highest BCUT2D eigenvalue weighted by atomic mass is 19.3. The van der Waals surface area contributed by atoms with Gasteiger partial charge in [0.1, 0.15) is 0 Å². The Bertz CT molecular complexity index is 705. The van der Waals surface area contributed by atoms with E-state index in [1.54, 1.807) is 12.1 Å². The molecule has 0 aromatic heterocycles. The zero-order valence-corrected chi connectivity index (χ0v) is 13.2. The summed E-state index contributed by atoms with van der Waals surface area (Å²) in [6, 6.07) is 5.87. The largest absolute Gasteiger partial charge is 0.417 e. The summed E-state index contributed by atoms with van der Waals surface area (Å²) in [5, 5.41) is 0. The standard InChI is InChI=1S/C17H15F5O2/c1-9(18)14(12(19)13(20)15(21)22)24-16(23)10-5-7-11(8-6-10)17(2,3)4/h5-8H,1H2,2-4H3/b14-12-. The van der Waals surface area contributed by atoms with Crippen molar-refractivity contribution in [3.63, 3.8) is 0 Å². The van der Waals surface area contributed by atoms with E-state index in [0.29, 0.717) is 0 Å². The van der Waals surface area contributed by atoms with Crippen molar-refractivity contribution in [1.29, 1.82) is 0 Å². The lowest BCUT2D eigenvalue weighted by Crippen LogP contribution is -2.12. The van der Waals surface area contributed by atoms with E-state index in [1.165, 1.54) is 12.1 Å². The molecule has 0 spiro atoms. The van der Waals surface area contributed by atoms with Crippen LogP contribution in [0.3, 0.4) is 0 Å². The molecule has 7 heteroatoms. The molecule has 1 aromatic carbocycles. The highest BCUT2D eigenvalue weighted by Gasteiger charge is 2.24. The number of halogens is 5. The summed E-state index contributed by atoms with van der Waals surface area (Å²) in [6.07, 6.45) is -3.02. The Morgan fingerprint density at radius 3 is 1.83 bits per heavy atom. The molecular formula is C17H15F5O2. The zero-order valence-electron chi connectivity index (χ0n) is 13.2. The molecule has 0 amide bonds. The second-order valence-electron chi connectivity index (χ2n) is 5.84. The molecule has 2 nitrogen and oxygen atoms in total. The highest BCUT2D eigenvalue weighted by molar-refractivity contribution is 5.90. The fourth-order valence-corrected chi connectivity index (χ4v) is 1.66. The summed E-state index contributed by atoms with van der Waals surface area (Å²) in [6.45, 7) is 8.44. The Labute approximate surface area is 135 Å². The van der Waals surface area contributed by atoms with E-state index in [9.17, 15) is 26.7 Å². The van der Waals surface area contributed by atoms with Crippen LogP contribution in [0.5, 0.6) is 0 Å². The summed E-state index contributed by atoms with van der Waals surface area (Å²) in [5.41, 5.74) is 0.586. The van der Waals surface area contributed by atoms with Gasteiger partial charge < -0.3 is 4.74 Å². The maximum atomic E-state index is 13.4. The van der Waals surface area contributed by atoms with Gasteiger partial charge in [0, 0.05) is 0 Å². The van der Waals surface area contributed by atoms with Crippen LogP contribution >= 0.6 is 0 Å². The predicted molar refractivity (Wildman–Crippen MR) is 79.3 cm³/mol. The molecule has 0 aliphatic heterocycles. The lowest BCUT2D eigenvalue weighted by Gasteiger charge is -2.19. The second-order valence-corrected chi connectivity index (χ2v) is 5.84. The van der Waals surface area contributed by atoms with Crippen LogP contribution in [0.15, 0.2) is 60.2 Å². The number of carbonyl (C=O) groups excluding carboxylic acids is 1. The molecule has 0 saturated carbocycles. The fraction of sp³-hybridized carbons (Fsp3) is 0.235. The van der Waals surface area contributed by atoms with E-state index in [0.717, 1.165) is 5.56 Å². The molecule has 0 N–H and O–H groups in total. The van der Waals surface area contributed by atoms with E-state index in [2.05, 4.69) is 11.3 Å². The summed E-state index contributed by atoms with van der Waals surface area (Å²) >= 11 is 0. The first kappa shape index (κ1) is 19.6. The first-order valence-corrected chi connectivity index (χ1v) is 6.73. The van der Waals surface area contributed by atoms with Crippen LogP contribution in [0.1, 0.15) is 36.7 Å². The lowest BCUT2D eigenvalue weighted by atomic mass is 9.87. The van der Waals surface area contributed by atoms with Gasteiger partial charge >= 0.3 is 12.0 Å². The first-order chi connectivity index (χ1) is 10.9. The molecule has 130 valence electrons. The Morgan fingerprint density at radius 1 is 0.958 bits per heavy atom. The minimum Gasteiger partial charge on any atom is -0.417 e. The molecule has 0 radical (unpaired) electrons. The van der Waals surface area contributed by atoms with Gasteiger partial charge in [0.2, 0.25) is 17.4 Å². The van der Waals surface area contributed by atoms with Crippen molar-refractivity contribution < 1.29 is 31.5 Å². The molecule has 0 heterocycles. The van der Waals surface area contributed by atoms with Gasteiger partial charge in [-0.05, 0) is 23.1 Å². The Balaban J connectivity index is 3.13. The van der Waals surface area contributed by atoms with Gasteiger partial charge in [-0.25, -0.2) is 9.18 Å². The molecule has 1 aromatic rings. The van der Waals surface area contributed by atoms with Gasteiger partial charge in [-0.3, -0.25) is 0 Å². The van der Waals surface area contributed by atoms with Crippen molar-refractivity contribution >= 4 is 5.97 Å². The van der Waals surface area contributed by atoms with E-state index >= 15 is 0 Å². The van der Waals surface area contributed by atoms with Crippen LogP contribution in [0.4, 0.5) is 22.0 Å². The van der Waals surface area contributed by atoms with Gasteiger partial charge in [0.25, 0.3) is 0 Å². The van der Waals surface area contributed by atoms with Crippen LogP contribution in [-0.2, 0) is 10.2 Å². The normalized spacial score (nSPS) is 12.3. The maximum Gasteiger partial charge on any atom is 0.343 e. The van der Waals surface area contributed by atoms with Crippen molar-refractivity contribution in [3.8, 4) is 0 Å². The molecule has 0 unspecified atom stereocenters. The smallest absolute Gasteiger partial charge is 0.343 e. The van der Waals surface area contributed by atoms with E-state index in [-0.39, 0.29) is 11.0 Å². The van der Waals surface area contributed by atoms with Crippen molar-refractivity contribution in [1.82, 2.24) is 0 Å². The number of benzene rings is 1. The molecule has 0 aliphatic rings. The van der Waals surface area contributed by atoms with Gasteiger partial charge in [0.05, 0.1) is 5.56 Å². The van der Waals surface area contributed by atoms with Crippen LogP contribution in [0, 0.1) is 0 Å². The van der Waals surface area contributed by atoms with Crippen molar-refractivity contribution in [3.05, 3.63) is 71.3 Å². The molecule has 0 fully saturated rings. The average molecular weight is 346 g/mol. The lowest BCUT2D eigenvalue weighted by molar-refractivity contribution is 0.0612. The van der Waals surface area contributed by atoms with Gasteiger partial charge in [-0.15, -0.1) is 0 Å². The number of hydrogen-bond acceptors (Lipinski definition) is 2. The topological polar surface area (TPSA) is 26.3 Å². The van der Waals surface area contributed by atoms with Gasteiger partial charge in [0.15, 0.2) is 5.83 Å². The van der Waals surface area contributed by atoms with Crippen molar-refractivity contribution in [2.24, 2.45) is 0 Å². The summed E-state index contributed by atoms with van der Waals surface area (Å²) < 4.78 is 67.9. The SMILES string of the molecule is C=C(F)/C(OC(=O)c1ccc(C(C)(C)C)cc1)=C(/F)C(F)=C(F)F. The number of rotatable bonds is 4. The quantitative estimate of drug-likeness (QED) is 0.294. The third-order valence-corrected chi connectivity index (χ3v) is 2.99. The summed E-state index contributed by atoms with van der Waals surface area (Å²) in [4.78, 5) is 11.9. The Hall–Kier alpha value is -2.44. The molecule has 0 saturated heterocycles. The number of allylic oxidation sites excluding steroid dienone is 3. The van der Waals surface area contributed by atoms with E-state index in [1.807, 2.05) is 20.8 Å². The monoisotopic (exact) mass is 346 g/mol. The minimum atomic E-state index is -3.02. The molecule has 24 heavy (non-hydrogen) atoms. The second kappa shape index (κ2) is 7.42. The third kappa shape index (κ3) is 4.78. The molecule has 0 atom stereocenters. The van der Waals surface area contributed by atoms with E-state index in [4.69, 9.17) is 0 Å². The minimum absolute atomic E-state index is 0.0975. The molecule has 1 rings (SSSR count). The van der Waals surface area contributed by atoms with Gasteiger partial charge in [-0.1, -0.05) is 39.5 Å². The number of esters is 1. The van der Waals surface area contributed by atoms with Crippen LogP contribution in [0.25, 0.3) is 0 Å². The Morgan fingerprint density at radius 2 is 1.46 bits per heavy atom. The summed E-state index contributed by atoms with van der Waals surface area (Å²) in [7, 11) is 0. The highest BCUT2D eigenvalue weighted by Crippen LogP contribution is 2.28. The zero-order chi connectivity index (χ0) is 18.7. The molecule has 0 aliphatic carbocycles. The van der Waals surface area contributed by atoms with Gasteiger partial charge in [-0.2, -0.15) is 17.6 Å². The van der Waals surface area contributed by atoms with Crippen LogP contribution < -0.4 is 0 Å².